The molecule has 0 radical (unpaired) electrons. The van der Waals surface area contributed by atoms with Crippen molar-refractivity contribution < 1.29 is 9.59 Å². The second-order valence-corrected chi connectivity index (χ2v) is 5.10. The maximum atomic E-state index is 11.8. The fourth-order valence-electron chi connectivity index (χ4n) is 1.37. The normalized spacial score (nSPS) is 29.4. The molecule has 0 aromatic heterocycles. The summed E-state index contributed by atoms with van der Waals surface area (Å²) >= 11 is 17.7. The van der Waals surface area contributed by atoms with E-state index < -0.39 is 16.7 Å². The summed E-state index contributed by atoms with van der Waals surface area (Å²) in [5.41, 5.74) is 5.73. The minimum atomic E-state index is -1.53. The number of carbonyl (C=O) groups is 2. The summed E-state index contributed by atoms with van der Waals surface area (Å²) in [6.45, 7) is 1.30. The minimum absolute atomic E-state index is 0.194. The molecule has 0 amide bonds. The van der Waals surface area contributed by atoms with Gasteiger partial charge in [0, 0.05) is 10.1 Å². The molecule has 16 heavy (non-hydrogen) atoms. The molecule has 0 aromatic carbocycles. The van der Waals surface area contributed by atoms with Crippen LogP contribution in [0.15, 0.2) is 22.2 Å². The van der Waals surface area contributed by atoms with Crippen LogP contribution in [0.25, 0.3) is 0 Å². The van der Waals surface area contributed by atoms with E-state index in [4.69, 9.17) is 40.5 Å². The second-order valence-electron chi connectivity index (χ2n) is 3.61. The molecule has 0 bridgehead atoms. The van der Waals surface area contributed by atoms with Gasteiger partial charge < -0.3 is 5.73 Å². The lowest BCUT2D eigenvalue weighted by molar-refractivity contribution is -0.126. The van der Waals surface area contributed by atoms with Crippen molar-refractivity contribution in [2.24, 2.45) is 5.73 Å². The number of nitrogens with two attached hydrogens (primary N) is 1. The molecular weight excluding hydrogens is 272 g/mol. The second kappa shape index (κ2) is 4.88. The molecule has 3 nitrogen and oxygen atoms in total. The van der Waals surface area contributed by atoms with Crippen LogP contribution < -0.4 is 5.73 Å². The molecule has 2 N–H and O–H groups in total. The Morgan fingerprint density at radius 1 is 1.50 bits per heavy atom. The standard InChI is InChI=1S/C10H10Cl3NO2/c1-5(15)2-8(16)10(13)4-6(11)3-7(12)9(10)14/h3-4,9H,2,14H2,1H3. The first-order chi connectivity index (χ1) is 7.27. The Kier molecular flexibility index (Phi) is 4.18. The van der Waals surface area contributed by atoms with Gasteiger partial charge in [0.2, 0.25) is 0 Å². The molecule has 1 aliphatic carbocycles. The van der Waals surface area contributed by atoms with Crippen LogP contribution in [-0.4, -0.2) is 22.5 Å². The Labute approximate surface area is 108 Å². The molecule has 6 heteroatoms. The molecule has 0 fully saturated rings. The van der Waals surface area contributed by atoms with E-state index in [-0.39, 0.29) is 22.3 Å². The third-order valence-electron chi connectivity index (χ3n) is 2.21. The van der Waals surface area contributed by atoms with Gasteiger partial charge in [-0.2, -0.15) is 0 Å². The van der Waals surface area contributed by atoms with E-state index in [1.165, 1.54) is 19.1 Å². The number of halogens is 3. The molecule has 0 aliphatic heterocycles. The van der Waals surface area contributed by atoms with Crippen molar-refractivity contribution in [3.8, 4) is 0 Å². The van der Waals surface area contributed by atoms with Crippen molar-refractivity contribution in [2.75, 3.05) is 0 Å². The van der Waals surface area contributed by atoms with Crippen LogP contribution in [0, 0.1) is 0 Å². The Bertz CT molecular complexity index is 403. The van der Waals surface area contributed by atoms with Crippen LogP contribution in [0.4, 0.5) is 0 Å². The van der Waals surface area contributed by atoms with Gasteiger partial charge in [-0.1, -0.05) is 23.2 Å². The van der Waals surface area contributed by atoms with E-state index >= 15 is 0 Å². The van der Waals surface area contributed by atoms with Crippen molar-refractivity contribution in [1.29, 1.82) is 0 Å². The Balaban J connectivity index is 3.05. The SMILES string of the molecule is CC(=O)CC(=O)C1(Cl)C=C(Cl)C=C(Cl)C1N. The zero-order chi connectivity index (χ0) is 12.5. The van der Waals surface area contributed by atoms with Gasteiger partial charge in [-0.3, -0.25) is 9.59 Å². The molecule has 2 unspecified atom stereocenters. The topological polar surface area (TPSA) is 60.2 Å². The third-order valence-corrected chi connectivity index (χ3v) is 3.33. The molecular formula is C10H10Cl3NO2. The zero-order valence-corrected chi connectivity index (χ0v) is 10.7. The Morgan fingerprint density at radius 2 is 2.06 bits per heavy atom. The maximum absolute atomic E-state index is 11.8. The number of ketones is 2. The number of Topliss-reactive ketones (excluding diaryl/α,β-unsaturated/α-hetero) is 2. The average molecular weight is 283 g/mol. The van der Waals surface area contributed by atoms with E-state index in [9.17, 15) is 9.59 Å². The smallest absolute Gasteiger partial charge is 0.167 e. The average Bonchev–Trinajstić information content (AvgIpc) is 2.12. The Hall–Kier alpha value is -0.350. The highest BCUT2D eigenvalue weighted by atomic mass is 35.5. The molecule has 0 saturated carbocycles. The quantitative estimate of drug-likeness (QED) is 0.637. The zero-order valence-electron chi connectivity index (χ0n) is 8.47. The molecule has 0 saturated heterocycles. The molecule has 0 spiro atoms. The van der Waals surface area contributed by atoms with Crippen molar-refractivity contribution >= 4 is 46.4 Å². The van der Waals surface area contributed by atoms with Crippen LogP contribution in [0.5, 0.6) is 0 Å². The highest BCUT2D eigenvalue weighted by Gasteiger charge is 2.43. The van der Waals surface area contributed by atoms with E-state index in [1.54, 1.807) is 0 Å². The van der Waals surface area contributed by atoms with Crippen molar-refractivity contribution in [2.45, 2.75) is 24.3 Å². The van der Waals surface area contributed by atoms with Gasteiger partial charge in [0.15, 0.2) is 5.78 Å². The first-order valence-corrected chi connectivity index (χ1v) is 5.63. The molecule has 1 aliphatic rings. The summed E-state index contributed by atoms with van der Waals surface area (Å²) in [6, 6.07) is -0.884. The van der Waals surface area contributed by atoms with Gasteiger partial charge in [0.25, 0.3) is 0 Å². The number of alkyl halides is 1. The van der Waals surface area contributed by atoms with Gasteiger partial charge in [0.1, 0.15) is 10.7 Å². The number of hydrogen-bond donors (Lipinski definition) is 1. The first-order valence-electron chi connectivity index (χ1n) is 4.50. The van der Waals surface area contributed by atoms with Crippen molar-refractivity contribution in [1.82, 2.24) is 0 Å². The summed E-state index contributed by atoms with van der Waals surface area (Å²) in [6.07, 6.45) is 2.45. The Morgan fingerprint density at radius 3 is 2.56 bits per heavy atom. The van der Waals surface area contributed by atoms with E-state index in [2.05, 4.69) is 0 Å². The van der Waals surface area contributed by atoms with Crippen molar-refractivity contribution in [3.05, 3.63) is 22.2 Å². The van der Waals surface area contributed by atoms with E-state index in [0.717, 1.165) is 0 Å². The summed E-state index contributed by atoms with van der Waals surface area (Å²) in [7, 11) is 0. The first kappa shape index (κ1) is 13.7. The molecule has 0 heterocycles. The number of rotatable bonds is 3. The highest BCUT2D eigenvalue weighted by Crippen LogP contribution is 2.36. The summed E-state index contributed by atoms with van der Waals surface area (Å²) in [5.74, 6) is -0.786. The van der Waals surface area contributed by atoms with Gasteiger partial charge in [-0.15, -0.1) is 11.6 Å². The van der Waals surface area contributed by atoms with Crippen LogP contribution in [0.1, 0.15) is 13.3 Å². The summed E-state index contributed by atoms with van der Waals surface area (Å²) < 4.78 is 0. The van der Waals surface area contributed by atoms with Gasteiger partial charge in [0.05, 0.1) is 12.5 Å². The number of carbonyl (C=O) groups excluding carboxylic acids is 2. The van der Waals surface area contributed by atoms with Gasteiger partial charge in [-0.05, 0) is 19.1 Å². The number of hydrogen-bond acceptors (Lipinski definition) is 3. The lowest BCUT2D eigenvalue weighted by atomic mass is 9.88. The fraction of sp³-hybridized carbons (Fsp3) is 0.400. The lowest BCUT2D eigenvalue weighted by Gasteiger charge is -2.31. The van der Waals surface area contributed by atoms with Crippen LogP contribution in [-0.2, 0) is 9.59 Å². The summed E-state index contributed by atoms with van der Waals surface area (Å²) in [5, 5.41) is 0.429. The predicted molar refractivity (Wildman–Crippen MR) is 64.7 cm³/mol. The lowest BCUT2D eigenvalue weighted by Crippen LogP contribution is -2.50. The van der Waals surface area contributed by atoms with Crippen LogP contribution >= 0.6 is 34.8 Å². The molecule has 0 aromatic rings. The minimum Gasteiger partial charge on any atom is -0.321 e. The summed E-state index contributed by atoms with van der Waals surface area (Å²) in [4.78, 5) is 21.2. The van der Waals surface area contributed by atoms with Crippen molar-refractivity contribution in [3.63, 3.8) is 0 Å². The van der Waals surface area contributed by atoms with Gasteiger partial charge >= 0.3 is 0 Å². The largest absolute Gasteiger partial charge is 0.321 e. The van der Waals surface area contributed by atoms with Crippen LogP contribution in [0.2, 0.25) is 0 Å². The third kappa shape index (κ3) is 2.66. The van der Waals surface area contributed by atoms with Gasteiger partial charge in [-0.25, -0.2) is 0 Å². The van der Waals surface area contributed by atoms with E-state index in [1.807, 2.05) is 0 Å². The fourth-order valence-corrected chi connectivity index (χ4v) is 2.42. The number of allylic oxidation sites excluding steroid dienone is 2. The van der Waals surface area contributed by atoms with E-state index in [0.29, 0.717) is 0 Å². The highest BCUT2D eigenvalue weighted by molar-refractivity contribution is 6.43. The maximum Gasteiger partial charge on any atom is 0.167 e. The molecule has 88 valence electrons. The monoisotopic (exact) mass is 281 g/mol. The molecule has 2 atom stereocenters. The molecule has 1 rings (SSSR count). The van der Waals surface area contributed by atoms with Crippen LogP contribution in [0.3, 0.4) is 0 Å². The predicted octanol–water partition coefficient (Wildman–Crippen LogP) is 2.10.